The van der Waals surface area contributed by atoms with E-state index >= 15 is 0 Å². The Labute approximate surface area is 189 Å². The van der Waals surface area contributed by atoms with Gasteiger partial charge in [-0.05, 0) is 31.2 Å². The van der Waals surface area contributed by atoms with Gasteiger partial charge >= 0.3 is 0 Å². The van der Waals surface area contributed by atoms with Crippen LogP contribution in [0.4, 0.5) is 0 Å². The van der Waals surface area contributed by atoms with Crippen LogP contribution >= 0.6 is 0 Å². The zero-order valence-electron chi connectivity index (χ0n) is 18.8. The molecule has 1 aromatic carbocycles. The van der Waals surface area contributed by atoms with Crippen LogP contribution in [-0.4, -0.2) is 40.5 Å². The van der Waals surface area contributed by atoms with E-state index < -0.39 is 35.6 Å². The summed E-state index contributed by atoms with van der Waals surface area (Å²) in [5.74, 6) is -3.41. The van der Waals surface area contributed by atoms with E-state index in [0.717, 1.165) is 10.6 Å². The molecule has 0 unspecified atom stereocenters. The van der Waals surface area contributed by atoms with Crippen LogP contribution in [0.3, 0.4) is 0 Å². The van der Waals surface area contributed by atoms with Crippen molar-refractivity contribution >= 4 is 23.8 Å². The van der Waals surface area contributed by atoms with Gasteiger partial charge in [0.2, 0.25) is 11.8 Å². The summed E-state index contributed by atoms with van der Waals surface area (Å²) in [6.07, 6.45) is 4.16. The number of hydroxylamine groups is 1. The topological polar surface area (TPSA) is 149 Å². The molecule has 0 radical (unpaired) electrons. The Kier molecular flexibility index (Phi) is 11.7. The molecule has 9 heteroatoms. The fraction of sp³-hybridized carbons (Fsp3) is 0.478. The van der Waals surface area contributed by atoms with Gasteiger partial charge in [0.15, 0.2) is 0 Å². The van der Waals surface area contributed by atoms with Crippen LogP contribution in [0, 0.1) is 29.1 Å². The summed E-state index contributed by atoms with van der Waals surface area (Å²) in [6.45, 7) is 5.28. The smallest absolute Gasteiger partial charge is 0.257 e. The van der Waals surface area contributed by atoms with Gasteiger partial charge in [0.25, 0.3) is 5.91 Å². The lowest BCUT2D eigenvalue weighted by Gasteiger charge is -2.30. The molecule has 0 aliphatic rings. The molecule has 32 heavy (non-hydrogen) atoms. The fourth-order valence-electron chi connectivity index (χ4n) is 3.26. The number of carbonyl (C=O) groups excluding carboxylic acids is 3. The minimum atomic E-state index is -0.872. The normalized spacial score (nSPS) is 13.8. The Morgan fingerprint density at radius 1 is 1.16 bits per heavy atom. The summed E-state index contributed by atoms with van der Waals surface area (Å²) in [6, 6.07) is 10.5. The lowest BCUT2D eigenvalue weighted by Crippen LogP contribution is -2.54. The van der Waals surface area contributed by atoms with Crippen molar-refractivity contribution in [2.24, 2.45) is 23.5 Å². The molecule has 3 amide bonds. The maximum absolute atomic E-state index is 13.2. The van der Waals surface area contributed by atoms with E-state index in [1.807, 2.05) is 56.3 Å². The number of hydrogen-bond donors (Lipinski definition) is 4. The standard InChI is InChI=1S/C23H33N5O4/c1-16(2)15-20(21(29)26-28(14-8-13-24)23(31)17(3)25)19(22(30)27-32)12-7-11-18-9-5-4-6-10-18/h4-7,9-11,16-17,19-20,32H,8,12,14-15,25H2,1-3H3,(H,26,29)(H,27,30)/b11-7+/t17-,19+,20-/m1/s1. The predicted molar refractivity (Wildman–Crippen MR) is 120 cm³/mol. The van der Waals surface area contributed by atoms with Crippen LogP contribution < -0.4 is 16.6 Å². The molecule has 0 spiro atoms. The zero-order valence-corrected chi connectivity index (χ0v) is 18.8. The maximum Gasteiger partial charge on any atom is 0.257 e. The highest BCUT2D eigenvalue weighted by molar-refractivity contribution is 5.89. The van der Waals surface area contributed by atoms with Gasteiger partial charge in [-0.15, -0.1) is 0 Å². The van der Waals surface area contributed by atoms with Crippen molar-refractivity contribution in [2.45, 2.75) is 46.1 Å². The molecule has 0 fully saturated rings. The Hall–Kier alpha value is -3.22. The summed E-state index contributed by atoms with van der Waals surface area (Å²) in [4.78, 5) is 38.0. The van der Waals surface area contributed by atoms with Crippen LogP contribution in [0.15, 0.2) is 36.4 Å². The van der Waals surface area contributed by atoms with E-state index in [1.165, 1.54) is 6.92 Å². The number of nitrogens with two attached hydrogens (primary N) is 1. The lowest BCUT2D eigenvalue weighted by molar-refractivity contribution is -0.147. The van der Waals surface area contributed by atoms with E-state index in [0.29, 0.717) is 6.42 Å². The molecular weight excluding hydrogens is 410 g/mol. The molecule has 5 N–H and O–H groups in total. The largest absolute Gasteiger partial charge is 0.320 e. The highest BCUT2D eigenvalue weighted by Gasteiger charge is 2.35. The van der Waals surface area contributed by atoms with E-state index in [-0.39, 0.29) is 25.3 Å². The third-order valence-corrected chi connectivity index (χ3v) is 4.84. The first-order chi connectivity index (χ1) is 15.2. The van der Waals surface area contributed by atoms with E-state index in [4.69, 9.17) is 11.0 Å². The fourth-order valence-corrected chi connectivity index (χ4v) is 3.26. The van der Waals surface area contributed by atoms with Crippen LogP contribution in [-0.2, 0) is 14.4 Å². The number of allylic oxidation sites excluding steroid dienone is 1. The van der Waals surface area contributed by atoms with Crippen LogP contribution in [0.1, 0.15) is 45.6 Å². The Bertz CT molecular complexity index is 817. The van der Waals surface area contributed by atoms with Crippen molar-refractivity contribution in [3.8, 4) is 6.07 Å². The molecule has 3 atom stereocenters. The van der Waals surface area contributed by atoms with Gasteiger partial charge in [-0.3, -0.25) is 30.0 Å². The first-order valence-corrected chi connectivity index (χ1v) is 10.6. The third kappa shape index (κ3) is 8.88. The molecule has 1 rings (SSSR count). The number of nitrogens with one attached hydrogen (secondary N) is 2. The molecule has 0 saturated carbocycles. The summed E-state index contributed by atoms with van der Waals surface area (Å²) >= 11 is 0. The first-order valence-electron chi connectivity index (χ1n) is 10.6. The Morgan fingerprint density at radius 3 is 2.34 bits per heavy atom. The minimum Gasteiger partial charge on any atom is -0.320 e. The minimum absolute atomic E-state index is 0.00789. The lowest BCUT2D eigenvalue weighted by atomic mass is 9.82. The van der Waals surface area contributed by atoms with E-state index in [2.05, 4.69) is 5.43 Å². The first kappa shape index (κ1) is 26.8. The average Bonchev–Trinajstić information content (AvgIpc) is 2.77. The molecule has 174 valence electrons. The number of hydrogen-bond acceptors (Lipinski definition) is 6. The van der Waals surface area contributed by atoms with E-state index in [9.17, 15) is 19.6 Å². The molecule has 9 nitrogen and oxygen atoms in total. The van der Waals surface area contributed by atoms with Crippen molar-refractivity contribution in [2.75, 3.05) is 6.54 Å². The highest BCUT2D eigenvalue weighted by atomic mass is 16.5. The Morgan fingerprint density at radius 2 is 1.81 bits per heavy atom. The van der Waals surface area contributed by atoms with Crippen molar-refractivity contribution in [3.05, 3.63) is 42.0 Å². The molecule has 0 saturated heterocycles. The average molecular weight is 444 g/mol. The predicted octanol–water partition coefficient (Wildman–Crippen LogP) is 1.99. The highest BCUT2D eigenvalue weighted by Crippen LogP contribution is 2.25. The van der Waals surface area contributed by atoms with Gasteiger partial charge in [-0.2, -0.15) is 5.26 Å². The second-order valence-corrected chi connectivity index (χ2v) is 8.03. The van der Waals surface area contributed by atoms with Gasteiger partial charge in [-0.1, -0.05) is 56.3 Å². The zero-order chi connectivity index (χ0) is 24.1. The third-order valence-electron chi connectivity index (χ3n) is 4.84. The molecule has 0 bridgehead atoms. The second-order valence-electron chi connectivity index (χ2n) is 8.03. The van der Waals surface area contributed by atoms with E-state index in [1.54, 1.807) is 11.6 Å². The van der Waals surface area contributed by atoms with Gasteiger partial charge in [-0.25, -0.2) is 5.48 Å². The maximum atomic E-state index is 13.2. The summed E-state index contributed by atoms with van der Waals surface area (Å²) < 4.78 is 0. The van der Waals surface area contributed by atoms with Gasteiger partial charge in [0.05, 0.1) is 36.9 Å². The molecule has 0 heterocycles. The number of hydrazine groups is 1. The summed E-state index contributed by atoms with van der Waals surface area (Å²) in [7, 11) is 0. The van der Waals surface area contributed by atoms with Crippen LogP contribution in [0.25, 0.3) is 6.08 Å². The van der Waals surface area contributed by atoms with Crippen molar-refractivity contribution < 1.29 is 19.6 Å². The quantitative estimate of drug-likeness (QED) is 0.304. The Balaban J connectivity index is 3.12. The van der Waals surface area contributed by atoms with Crippen LogP contribution in [0.5, 0.6) is 0 Å². The number of benzene rings is 1. The summed E-state index contributed by atoms with van der Waals surface area (Å²) in [5.41, 5.74) is 10.8. The molecule has 0 aromatic heterocycles. The number of rotatable bonds is 11. The molecule has 0 aliphatic carbocycles. The van der Waals surface area contributed by atoms with Crippen molar-refractivity contribution in [1.82, 2.24) is 15.9 Å². The number of nitrogens with zero attached hydrogens (tertiary/aromatic N) is 2. The van der Waals surface area contributed by atoms with Crippen molar-refractivity contribution in [3.63, 3.8) is 0 Å². The van der Waals surface area contributed by atoms with Gasteiger partial charge in [0.1, 0.15) is 0 Å². The van der Waals surface area contributed by atoms with Crippen molar-refractivity contribution in [1.29, 1.82) is 5.26 Å². The van der Waals surface area contributed by atoms with Gasteiger partial charge in [0, 0.05) is 0 Å². The van der Waals surface area contributed by atoms with Gasteiger partial charge < -0.3 is 5.73 Å². The summed E-state index contributed by atoms with van der Waals surface area (Å²) in [5, 5.41) is 19.2. The molecule has 0 aliphatic heterocycles. The molecule has 1 aromatic rings. The SMILES string of the molecule is CC(C)C[C@@H](C(=O)NN(CCC#N)C(=O)[C@@H](C)N)[C@H](C/C=C/c1ccccc1)C(=O)NO. The van der Waals surface area contributed by atoms with Crippen LogP contribution in [0.2, 0.25) is 0 Å². The number of carbonyl (C=O) groups is 3. The number of amides is 3. The molecular formula is C23H33N5O4. The second kappa shape index (κ2) is 14.0. The number of nitriles is 1. The monoisotopic (exact) mass is 443 g/mol.